The molecule has 258 valence electrons. The van der Waals surface area contributed by atoms with E-state index in [1.54, 1.807) is 0 Å². The van der Waals surface area contributed by atoms with Gasteiger partial charge in [0.2, 0.25) is 0 Å². The molecule has 0 aliphatic heterocycles. The minimum atomic E-state index is 0.884. The van der Waals surface area contributed by atoms with Crippen LogP contribution in [0.2, 0.25) is 0 Å². The smallest absolute Gasteiger partial charge is 0.0433 e. The second-order valence-corrected chi connectivity index (χ2v) is 13.8. The van der Waals surface area contributed by atoms with Gasteiger partial charge in [-0.3, -0.25) is 0 Å². The molecule has 0 unspecified atom stereocenters. The van der Waals surface area contributed by atoms with E-state index in [0.29, 0.717) is 0 Å². The van der Waals surface area contributed by atoms with Gasteiger partial charge < -0.3 is 9.80 Å². The first-order valence-electron chi connectivity index (χ1n) is 18.6. The number of hydrogen-bond acceptors (Lipinski definition) is 2. The fourth-order valence-corrected chi connectivity index (χ4v) is 6.89. The highest BCUT2D eigenvalue weighted by Gasteiger charge is 2.11. The quantitative estimate of drug-likeness (QED) is 0.101. The lowest BCUT2D eigenvalue weighted by atomic mass is 10.00. The van der Waals surface area contributed by atoms with Crippen LogP contribution in [0.1, 0.15) is 44.5 Å². The molecule has 0 N–H and O–H groups in total. The van der Waals surface area contributed by atoms with Gasteiger partial charge in [-0.15, -0.1) is 0 Å². The second-order valence-electron chi connectivity index (χ2n) is 13.8. The Balaban J connectivity index is 0.918. The molecule has 7 aromatic rings. The van der Waals surface area contributed by atoms with Crippen LogP contribution in [0, 0.1) is 0 Å². The molecule has 52 heavy (non-hydrogen) atoms. The minimum Gasteiger partial charge on any atom is -0.363 e. The Labute approximate surface area is 310 Å². The number of nitrogens with zero attached hydrogens (tertiary/aromatic N) is 2. The number of hydrogen-bond donors (Lipinski definition) is 0. The van der Waals surface area contributed by atoms with E-state index >= 15 is 0 Å². The van der Waals surface area contributed by atoms with Crippen LogP contribution in [0.15, 0.2) is 194 Å². The lowest BCUT2D eigenvalue weighted by molar-refractivity contribution is 0.799. The average molecular weight is 677 g/mol. The predicted octanol–water partition coefficient (Wildman–Crippen LogP) is 11.7. The fourth-order valence-electron chi connectivity index (χ4n) is 6.89. The van der Waals surface area contributed by atoms with Crippen molar-refractivity contribution in [3.8, 4) is 0 Å². The number of anilines is 2. The Morgan fingerprint density at radius 1 is 0.212 bits per heavy atom. The fraction of sp³-hybridized carbons (Fsp3) is 0.160. The summed E-state index contributed by atoms with van der Waals surface area (Å²) in [5.74, 6) is 0. The van der Waals surface area contributed by atoms with E-state index in [0.717, 1.165) is 51.9 Å². The highest BCUT2D eigenvalue weighted by molar-refractivity contribution is 5.50. The molecular weight excluding hydrogens is 629 g/mol. The molecule has 2 heteroatoms. The lowest BCUT2D eigenvalue weighted by Crippen LogP contribution is -2.22. The highest BCUT2D eigenvalue weighted by Crippen LogP contribution is 2.24. The van der Waals surface area contributed by atoms with Crippen LogP contribution in [0.4, 0.5) is 11.4 Å². The summed E-state index contributed by atoms with van der Waals surface area (Å²) < 4.78 is 0. The Morgan fingerprint density at radius 2 is 0.423 bits per heavy atom. The molecule has 0 aromatic heterocycles. The Hall–Kier alpha value is -5.86. The Bertz CT molecular complexity index is 1800. The topological polar surface area (TPSA) is 6.48 Å². The summed E-state index contributed by atoms with van der Waals surface area (Å²) >= 11 is 0. The summed E-state index contributed by atoms with van der Waals surface area (Å²) in [7, 11) is 0. The van der Waals surface area contributed by atoms with E-state index in [4.69, 9.17) is 0 Å². The van der Waals surface area contributed by atoms with E-state index in [2.05, 4.69) is 204 Å². The standard InChI is InChI=1S/C50H48N2/c1-5-13-45(14-6-1)37-51(38-46-15-7-2-8-16-46)49-33-29-43(30-34-49)27-25-41-21-23-42(24-22-41)26-28-44-31-35-50(36-32-44)52(39-47-17-9-3-10-18-47)40-48-19-11-4-12-20-48/h1-24,29-36H,25-28,37-40H2. The molecule has 2 nitrogen and oxygen atoms in total. The van der Waals surface area contributed by atoms with Crippen LogP contribution in [-0.2, 0) is 51.9 Å². The molecule has 0 fully saturated rings. The van der Waals surface area contributed by atoms with Crippen LogP contribution in [0.5, 0.6) is 0 Å². The van der Waals surface area contributed by atoms with E-state index in [-0.39, 0.29) is 0 Å². The zero-order valence-corrected chi connectivity index (χ0v) is 30.0. The van der Waals surface area contributed by atoms with Gasteiger partial charge >= 0.3 is 0 Å². The number of aryl methyl sites for hydroxylation is 4. The number of benzene rings is 7. The Morgan fingerprint density at radius 3 is 0.654 bits per heavy atom. The third-order valence-electron chi connectivity index (χ3n) is 9.90. The van der Waals surface area contributed by atoms with E-state index in [1.807, 2.05) is 0 Å². The van der Waals surface area contributed by atoms with Crippen molar-refractivity contribution in [1.29, 1.82) is 0 Å². The van der Waals surface area contributed by atoms with Crippen molar-refractivity contribution in [2.45, 2.75) is 51.9 Å². The van der Waals surface area contributed by atoms with Crippen LogP contribution in [0.25, 0.3) is 0 Å². The maximum absolute atomic E-state index is 2.47. The van der Waals surface area contributed by atoms with Crippen molar-refractivity contribution in [3.63, 3.8) is 0 Å². The van der Waals surface area contributed by atoms with Crippen molar-refractivity contribution in [1.82, 2.24) is 0 Å². The van der Waals surface area contributed by atoms with Crippen LogP contribution in [0.3, 0.4) is 0 Å². The molecule has 0 saturated carbocycles. The van der Waals surface area contributed by atoms with Gasteiger partial charge in [-0.05, 0) is 94.5 Å². The first kappa shape index (κ1) is 34.6. The third-order valence-corrected chi connectivity index (χ3v) is 9.90. The molecule has 0 aliphatic carbocycles. The molecule has 0 spiro atoms. The van der Waals surface area contributed by atoms with Gasteiger partial charge in [-0.25, -0.2) is 0 Å². The lowest BCUT2D eigenvalue weighted by Gasteiger charge is -2.25. The minimum absolute atomic E-state index is 0.884. The monoisotopic (exact) mass is 676 g/mol. The predicted molar refractivity (Wildman–Crippen MR) is 220 cm³/mol. The first-order valence-corrected chi connectivity index (χ1v) is 18.6. The van der Waals surface area contributed by atoms with Crippen molar-refractivity contribution in [2.24, 2.45) is 0 Å². The molecule has 0 aliphatic rings. The van der Waals surface area contributed by atoms with Crippen molar-refractivity contribution in [2.75, 3.05) is 9.80 Å². The third kappa shape index (κ3) is 10.1. The SMILES string of the molecule is c1ccc(CN(Cc2ccccc2)c2ccc(CCc3ccc(CCc4ccc(N(Cc5ccccc5)Cc5ccccc5)cc4)cc3)cc2)cc1. The maximum atomic E-state index is 2.47. The number of rotatable bonds is 16. The van der Waals surface area contributed by atoms with Gasteiger partial charge in [0.05, 0.1) is 0 Å². The van der Waals surface area contributed by atoms with Gasteiger partial charge in [-0.1, -0.05) is 170 Å². The van der Waals surface area contributed by atoms with Gasteiger partial charge in [0.1, 0.15) is 0 Å². The van der Waals surface area contributed by atoms with Crippen molar-refractivity contribution < 1.29 is 0 Å². The maximum Gasteiger partial charge on any atom is 0.0433 e. The van der Waals surface area contributed by atoms with Gasteiger partial charge in [0.25, 0.3) is 0 Å². The zero-order valence-electron chi connectivity index (χ0n) is 30.0. The molecule has 0 saturated heterocycles. The van der Waals surface area contributed by atoms with Crippen LogP contribution >= 0.6 is 0 Å². The zero-order chi connectivity index (χ0) is 35.2. The average Bonchev–Trinajstić information content (AvgIpc) is 3.21. The summed E-state index contributed by atoms with van der Waals surface area (Å²) in [6.07, 6.45) is 4.16. The van der Waals surface area contributed by atoms with Crippen LogP contribution < -0.4 is 9.80 Å². The molecule has 0 radical (unpaired) electrons. The summed E-state index contributed by atoms with van der Waals surface area (Å²) in [6.45, 7) is 3.54. The molecule has 0 amide bonds. The first-order chi connectivity index (χ1) is 25.7. The largest absolute Gasteiger partial charge is 0.363 e. The van der Waals surface area contributed by atoms with Crippen LogP contribution in [-0.4, -0.2) is 0 Å². The van der Waals surface area contributed by atoms with Gasteiger partial charge in [0.15, 0.2) is 0 Å². The van der Waals surface area contributed by atoms with Crippen molar-refractivity contribution >= 4 is 11.4 Å². The molecule has 0 atom stereocenters. The summed E-state index contributed by atoms with van der Waals surface area (Å²) in [5, 5.41) is 0. The molecular formula is C50H48N2. The van der Waals surface area contributed by atoms with E-state index in [1.165, 1.54) is 55.9 Å². The normalized spacial score (nSPS) is 10.9. The van der Waals surface area contributed by atoms with E-state index in [9.17, 15) is 0 Å². The highest BCUT2D eigenvalue weighted by atomic mass is 15.1. The van der Waals surface area contributed by atoms with E-state index < -0.39 is 0 Å². The van der Waals surface area contributed by atoms with Gasteiger partial charge in [-0.2, -0.15) is 0 Å². The molecule has 7 aromatic carbocycles. The summed E-state index contributed by atoms with van der Waals surface area (Å²) in [5.41, 5.74) is 13.3. The molecule has 0 bridgehead atoms. The summed E-state index contributed by atoms with van der Waals surface area (Å²) in [6, 6.07) is 70.7. The molecule has 7 rings (SSSR count). The van der Waals surface area contributed by atoms with Crippen molar-refractivity contribution in [3.05, 3.63) is 239 Å². The Kier molecular flexibility index (Phi) is 11.9. The second kappa shape index (κ2) is 17.9. The summed E-state index contributed by atoms with van der Waals surface area (Å²) in [4.78, 5) is 4.93. The van der Waals surface area contributed by atoms with Gasteiger partial charge in [0, 0.05) is 37.6 Å². The molecule has 0 heterocycles.